The minimum absolute atomic E-state index is 0.0689. The number of thiol groups is 1. The number of benzene rings is 4. The predicted molar refractivity (Wildman–Crippen MR) is 304 cm³/mol. The van der Waals surface area contributed by atoms with E-state index in [9.17, 15) is 36.0 Å². The van der Waals surface area contributed by atoms with Crippen molar-refractivity contribution in [3.8, 4) is 0 Å². The number of halogens is 1. The predicted octanol–water partition coefficient (Wildman–Crippen LogP) is 14.8. The first-order chi connectivity index (χ1) is 35.7. The van der Waals surface area contributed by atoms with Crippen molar-refractivity contribution in [2.24, 2.45) is 0 Å². The summed E-state index contributed by atoms with van der Waals surface area (Å²) in [6.07, 6.45) is 2.67. The number of aromatic carboxylic acids is 2. The van der Waals surface area contributed by atoms with Gasteiger partial charge in [0.1, 0.15) is 8.42 Å². The molecule has 4 heterocycles. The van der Waals surface area contributed by atoms with Gasteiger partial charge in [-0.25, -0.2) is 40.9 Å². The van der Waals surface area contributed by atoms with Gasteiger partial charge in [0.2, 0.25) is 24.7 Å². The van der Waals surface area contributed by atoms with E-state index in [1.807, 2.05) is 49.4 Å². The lowest BCUT2D eigenvalue weighted by Crippen LogP contribution is -2.03. The molecule has 0 aliphatic heterocycles. The van der Waals surface area contributed by atoms with Crippen molar-refractivity contribution < 1.29 is 55.7 Å². The number of hydrogen-bond donors (Lipinski definition) is 3. The maximum absolute atomic E-state index is 12.4. The molecule has 0 unspecified atom stereocenters. The maximum atomic E-state index is 12.4. The number of aryl methyl sites for hydroxylation is 3. The lowest BCUT2D eigenvalue weighted by Gasteiger charge is -2.03. The third-order valence-electron chi connectivity index (χ3n) is 9.76. The number of hydrogen-bond acceptors (Lipinski definition) is 16. The molecule has 392 valence electrons. The zero-order valence-corrected chi connectivity index (χ0v) is 48.8. The Hall–Kier alpha value is -5.87. The number of nitrogens with zero attached hydrogens (tertiary/aromatic N) is 1. The van der Waals surface area contributed by atoms with Gasteiger partial charge in [-0.2, -0.15) is 0 Å². The summed E-state index contributed by atoms with van der Waals surface area (Å²) in [6, 6.07) is 39.6. The quantitative estimate of drug-likeness (QED) is 0.0560. The van der Waals surface area contributed by atoms with E-state index in [2.05, 4.69) is 61.9 Å². The number of ether oxygens (including phenoxy) is 2. The molecule has 0 atom stereocenters. The van der Waals surface area contributed by atoms with Gasteiger partial charge in [0.15, 0.2) is 0 Å². The molecule has 0 fully saturated rings. The van der Waals surface area contributed by atoms with Crippen LogP contribution in [0.3, 0.4) is 0 Å². The Morgan fingerprint density at radius 2 is 0.933 bits per heavy atom. The van der Waals surface area contributed by atoms with Gasteiger partial charge in [0.05, 0.1) is 60.8 Å². The Morgan fingerprint density at radius 1 is 0.547 bits per heavy atom. The highest BCUT2D eigenvalue weighted by atomic mass is 79.9. The van der Waals surface area contributed by atoms with Gasteiger partial charge in [-0.3, -0.25) is 0 Å². The molecule has 0 saturated heterocycles. The smallest absolute Gasteiger partial charge is 0.337 e. The normalized spacial score (nSPS) is 10.5. The molecular weight excluding hydrogens is 1180 g/mol. The molecular formula is C53H48BrNO12S8. The number of carbonyl (C=O) groups is 4. The monoisotopic (exact) mass is 1230 g/mol. The van der Waals surface area contributed by atoms with Crippen molar-refractivity contribution in [2.45, 2.75) is 72.2 Å². The van der Waals surface area contributed by atoms with E-state index >= 15 is 0 Å². The lowest BCUT2D eigenvalue weighted by molar-refractivity contribution is 0.0592. The van der Waals surface area contributed by atoms with E-state index < -0.39 is 37.6 Å². The van der Waals surface area contributed by atoms with Gasteiger partial charge >= 0.3 is 23.9 Å². The van der Waals surface area contributed by atoms with Crippen LogP contribution < -0.4 is 0 Å². The molecule has 0 spiro atoms. The molecule has 0 aliphatic rings. The standard InChI is InChI=1S/C14H14O4S2.C14H14O2S2.C13H12O4S2.C7H6O2S.C5H2BrNS/c1-3-11-6-9-13(19-11)20(16,17)12-7-4-10(5-8-12)14(15)18-2;1-3-11-8-9-13(17-11)18-12-6-4-10(5-7-12)14(15)16-2;1-2-10-5-8-12(18-10)19(16,17)11-6-3-9(4-7-11)13(14)15;8-7(9)5-1-3-6(10)4-2-5;1-7-5-3-2-4(6)8-5/h4-9H,3H2,1-2H3;4-9H,3H2,1-2H3;3-8H,2H2,1H3,(H,14,15);1-4,10H,(H,8,9);2-3H. The van der Waals surface area contributed by atoms with Crippen molar-refractivity contribution in [3.63, 3.8) is 0 Å². The van der Waals surface area contributed by atoms with Crippen LogP contribution in [0.1, 0.15) is 76.8 Å². The highest BCUT2D eigenvalue weighted by Crippen LogP contribution is 2.34. The van der Waals surface area contributed by atoms with E-state index in [0.29, 0.717) is 15.3 Å². The fraction of sp³-hybridized carbons (Fsp3) is 0.151. The largest absolute Gasteiger partial charge is 0.478 e. The Labute approximate surface area is 470 Å². The van der Waals surface area contributed by atoms with Gasteiger partial charge in [0, 0.05) is 24.4 Å². The molecule has 0 radical (unpaired) electrons. The number of sulfone groups is 2. The van der Waals surface area contributed by atoms with E-state index in [4.69, 9.17) is 16.8 Å². The van der Waals surface area contributed by atoms with E-state index in [1.165, 1.54) is 118 Å². The molecule has 8 aromatic rings. The average molecular weight is 1230 g/mol. The summed E-state index contributed by atoms with van der Waals surface area (Å²) in [5.41, 5.74) is 1.27. The Bertz CT molecular complexity index is 3430. The molecule has 8 rings (SSSR count). The van der Waals surface area contributed by atoms with Crippen LogP contribution in [0.5, 0.6) is 0 Å². The zero-order valence-electron chi connectivity index (χ0n) is 40.6. The minimum atomic E-state index is -3.55. The summed E-state index contributed by atoms with van der Waals surface area (Å²) in [5, 5.41) is 18.0. The first-order valence-electron chi connectivity index (χ1n) is 22.0. The number of carbonyl (C=O) groups excluding carboxylic acids is 2. The van der Waals surface area contributed by atoms with Crippen molar-refractivity contribution in [2.75, 3.05) is 14.2 Å². The minimum Gasteiger partial charge on any atom is -0.478 e. The van der Waals surface area contributed by atoms with Crippen LogP contribution in [0.25, 0.3) is 4.85 Å². The summed E-state index contributed by atoms with van der Waals surface area (Å²) >= 11 is 14.7. The van der Waals surface area contributed by atoms with Crippen LogP contribution in [0.2, 0.25) is 0 Å². The summed E-state index contributed by atoms with van der Waals surface area (Å²) in [4.78, 5) is 52.5. The zero-order chi connectivity index (χ0) is 55.3. The molecule has 0 bridgehead atoms. The molecule has 0 aliphatic carbocycles. The SMILES string of the molecule is CCc1ccc(S(=O)(=O)c2ccc(C(=O)O)cc2)s1.CCc1ccc(S(=O)(=O)c2ccc(C(=O)OC)cc2)s1.CCc1ccc(Sc2ccc(C(=O)OC)cc2)s1.O=C(O)c1ccc(S)cc1.[C-]#[N+]c1ccc(Br)s1. The topological polar surface area (TPSA) is 200 Å². The van der Waals surface area contributed by atoms with Crippen LogP contribution in [0, 0.1) is 6.57 Å². The number of methoxy groups -OCH3 is 2. The van der Waals surface area contributed by atoms with Crippen LogP contribution in [-0.4, -0.2) is 65.1 Å². The summed E-state index contributed by atoms with van der Waals surface area (Å²) < 4.78 is 61.6. The maximum Gasteiger partial charge on any atom is 0.337 e. The Morgan fingerprint density at radius 3 is 1.27 bits per heavy atom. The molecule has 2 N–H and O–H groups in total. The second-order valence-electron chi connectivity index (χ2n) is 14.7. The van der Waals surface area contributed by atoms with Crippen molar-refractivity contribution in [1.29, 1.82) is 0 Å². The van der Waals surface area contributed by atoms with Crippen molar-refractivity contribution >= 4 is 134 Å². The lowest BCUT2D eigenvalue weighted by atomic mass is 10.2. The first-order valence-corrected chi connectivity index (χ1v) is 30.3. The van der Waals surface area contributed by atoms with Crippen LogP contribution in [0.15, 0.2) is 182 Å². The van der Waals surface area contributed by atoms with Crippen molar-refractivity contribution in [1.82, 2.24) is 0 Å². The van der Waals surface area contributed by atoms with Gasteiger partial charge < -0.3 is 19.7 Å². The van der Waals surface area contributed by atoms with Crippen molar-refractivity contribution in [3.05, 3.63) is 198 Å². The molecule has 0 saturated carbocycles. The Balaban J connectivity index is 0.000000210. The number of thiophene rings is 4. The van der Waals surface area contributed by atoms with E-state index in [0.717, 1.165) is 47.6 Å². The fourth-order valence-corrected chi connectivity index (χ4v) is 14.5. The second kappa shape index (κ2) is 30.0. The molecule has 0 amide bonds. The van der Waals surface area contributed by atoms with Crippen LogP contribution in [0.4, 0.5) is 5.00 Å². The first kappa shape index (κ1) is 61.7. The number of esters is 2. The molecule has 22 heteroatoms. The van der Waals surface area contributed by atoms with Gasteiger partial charge in [-0.1, -0.05) is 32.5 Å². The third kappa shape index (κ3) is 18.7. The molecule has 4 aromatic heterocycles. The van der Waals surface area contributed by atoms with Gasteiger partial charge in [-0.05, 0) is 181 Å². The summed E-state index contributed by atoms with van der Waals surface area (Å²) in [6.45, 7) is 12.7. The number of carboxylic acid groups (broad SMARTS) is 2. The molecule has 13 nitrogen and oxygen atoms in total. The highest BCUT2D eigenvalue weighted by Gasteiger charge is 2.22. The average Bonchev–Trinajstić information content (AvgIpc) is 4.28. The third-order valence-corrected chi connectivity index (χ3v) is 20.9. The molecule has 4 aromatic carbocycles. The highest BCUT2D eigenvalue weighted by molar-refractivity contribution is 9.11. The number of carboxylic acids is 2. The van der Waals surface area contributed by atoms with E-state index in [1.54, 1.807) is 60.3 Å². The van der Waals surface area contributed by atoms with Gasteiger partial charge in [-0.15, -0.1) is 58.0 Å². The fourth-order valence-electron chi connectivity index (χ4n) is 5.75. The summed E-state index contributed by atoms with van der Waals surface area (Å²) in [5.74, 6) is -2.77. The number of rotatable bonds is 13. The molecule has 75 heavy (non-hydrogen) atoms. The van der Waals surface area contributed by atoms with Gasteiger partial charge in [0.25, 0.3) is 0 Å². The summed E-state index contributed by atoms with van der Waals surface area (Å²) in [7, 11) is -4.38. The Kier molecular flexibility index (Phi) is 24.7. The van der Waals surface area contributed by atoms with E-state index in [-0.39, 0.29) is 31.1 Å². The van der Waals surface area contributed by atoms with Crippen LogP contribution >= 0.6 is 85.7 Å². The second-order valence-corrected chi connectivity index (χ2v) is 26.9. The van der Waals surface area contributed by atoms with Crippen LogP contribution in [-0.2, 0) is 48.4 Å².